The Labute approximate surface area is 95.4 Å². The molecular formula is C14H15NO. The number of benzene rings is 2. The fraction of sp³-hybridized carbons (Fsp3) is 0.143. The molecule has 2 aromatic carbocycles. The SMILES string of the molecule is Nc1ccccc1Cc1ccccc1CO. The average Bonchev–Trinajstić information content (AvgIpc) is 2.33. The fourth-order valence-corrected chi connectivity index (χ4v) is 1.78. The topological polar surface area (TPSA) is 46.2 Å². The van der Waals surface area contributed by atoms with Crippen molar-refractivity contribution in [1.29, 1.82) is 0 Å². The maximum absolute atomic E-state index is 9.23. The van der Waals surface area contributed by atoms with Crippen molar-refractivity contribution in [2.24, 2.45) is 0 Å². The van der Waals surface area contributed by atoms with Gasteiger partial charge in [-0.05, 0) is 29.2 Å². The van der Waals surface area contributed by atoms with E-state index < -0.39 is 0 Å². The normalized spacial score (nSPS) is 10.3. The van der Waals surface area contributed by atoms with Crippen molar-refractivity contribution >= 4 is 5.69 Å². The molecule has 0 fully saturated rings. The van der Waals surface area contributed by atoms with E-state index in [1.807, 2.05) is 48.5 Å². The Morgan fingerprint density at radius 1 is 0.812 bits per heavy atom. The Hall–Kier alpha value is -1.80. The van der Waals surface area contributed by atoms with Crippen molar-refractivity contribution < 1.29 is 5.11 Å². The monoisotopic (exact) mass is 213 g/mol. The van der Waals surface area contributed by atoms with Crippen LogP contribution in [0.15, 0.2) is 48.5 Å². The fourth-order valence-electron chi connectivity index (χ4n) is 1.78. The second-order valence-corrected chi connectivity index (χ2v) is 3.80. The van der Waals surface area contributed by atoms with E-state index >= 15 is 0 Å². The lowest BCUT2D eigenvalue weighted by Crippen LogP contribution is -1.98. The third kappa shape index (κ3) is 2.23. The maximum atomic E-state index is 9.23. The van der Waals surface area contributed by atoms with Crippen LogP contribution in [-0.4, -0.2) is 5.11 Å². The lowest BCUT2D eigenvalue weighted by molar-refractivity contribution is 0.281. The van der Waals surface area contributed by atoms with Crippen molar-refractivity contribution in [2.75, 3.05) is 5.73 Å². The smallest absolute Gasteiger partial charge is 0.0684 e. The number of rotatable bonds is 3. The molecule has 0 amide bonds. The molecule has 2 heteroatoms. The Bertz CT molecular complexity index is 480. The first kappa shape index (κ1) is 10.7. The van der Waals surface area contributed by atoms with E-state index in [0.717, 1.165) is 28.8 Å². The molecule has 0 saturated carbocycles. The van der Waals surface area contributed by atoms with Gasteiger partial charge in [0.2, 0.25) is 0 Å². The molecule has 0 saturated heterocycles. The summed E-state index contributed by atoms with van der Waals surface area (Å²) < 4.78 is 0. The molecule has 0 aliphatic heterocycles. The van der Waals surface area contributed by atoms with E-state index in [0.29, 0.717) is 0 Å². The van der Waals surface area contributed by atoms with Gasteiger partial charge in [0.1, 0.15) is 0 Å². The highest BCUT2D eigenvalue weighted by Gasteiger charge is 2.03. The molecule has 2 rings (SSSR count). The minimum absolute atomic E-state index is 0.0723. The van der Waals surface area contributed by atoms with Crippen molar-refractivity contribution in [1.82, 2.24) is 0 Å². The van der Waals surface area contributed by atoms with Gasteiger partial charge in [-0.15, -0.1) is 0 Å². The molecule has 0 spiro atoms. The summed E-state index contributed by atoms with van der Waals surface area (Å²) in [4.78, 5) is 0. The molecule has 0 aliphatic carbocycles. The minimum Gasteiger partial charge on any atom is -0.398 e. The summed E-state index contributed by atoms with van der Waals surface area (Å²) in [5, 5.41) is 9.23. The summed E-state index contributed by atoms with van der Waals surface area (Å²) in [6.07, 6.45) is 0.767. The Kier molecular flexibility index (Phi) is 3.22. The van der Waals surface area contributed by atoms with Crippen LogP contribution in [0.5, 0.6) is 0 Å². The van der Waals surface area contributed by atoms with Gasteiger partial charge in [-0.1, -0.05) is 42.5 Å². The first-order valence-corrected chi connectivity index (χ1v) is 5.32. The first-order valence-electron chi connectivity index (χ1n) is 5.32. The number of anilines is 1. The molecule has 0 aliphatic rings. The number of aliphatic hydroxyl groups excluding tert-OH is 1. The molecule has 3 N–H and O–H groups in total. The number of hydrogen-bond donors (Lipinski definition) is 2. The first-order chi connectivity index (χ1) is 7.81. The molecule has 0 unspecified atom stereocenters. The van der Waals surface area contributed by atoms with E-state index in [2.05, 4.69) is 0 Å². The Balaban J connectivity index is 2.30. The highest BCUT2D eigenvalue weighted by Crippen LogP contribution is 2.18. The number of nitrogen functional groups attached to an aromatic ring is 1. The van der Waals surface area contributed by atoms with Crippen molar-refractivity contribution in [3.8, 4) is 0 Å². The molecule has 0 aromatic heterocycles. The number of nitrogens with two attached hydrogens (primary N) is 1. The molecule has 0 radical (unpaired) electrons. The number of aliphatic hydroxyl groups is 1. The largest absolute Gasteiger partial charge is 0.398 e. The Morgan fingerprint density at radius 2 is 1.38 bits per heavy atom. The van der Waals surface area contributed by atoms with E-state index in [1.54, 1.807) is 0 Å². The van der Waals surface area contributed by atoms with Gasteiger partial charge >= 0.3 is 0 Å². The van der Waals surface area contributed by atoms with Gasteiger partial charge in [0.05, 0.1) is 6.61 Å². The van der Waals surface area contributed by atoms with Crippen LogP contribution in [-0.2, 0) is 13.0 Å². The summed E-state index contributed by atoms with van der Waals surface area (Å²) in [6.45, 7) is 0.0723. The van der Waals surface area contributed by atoms with Crippen molar-refractivity contribution in [2.45, 2.75) is 13.0 Å². The summed E-state index contributed by atoms with van der Waals surface area (Å²) >= 11 is 0. The molecule has 0 bridgehead atoms. The predicted molar refractivity (Wildman–Crippen MR) is 66.0 cm³/mol. The van der Waals surface area contributed by atoms with Crippen LogP contribution in [0.3, 0.4) is 0 Å². The zero-order valence-corrected chi connectivity index (χ0v) is 9.06. The van der Waals surface area contributed by atoms with Crippen LogP contribution in [0.4, 0.5) is 5.69 Å². The molecule has 0 atom stereocenters. The van der Waals surface area contributed by atoms with Crippen LogP contribution in [0.2, 0.25) is 0 Å². The minimum atomic E-state index is 0.0723. The van der Waals surface area contributed by atoms with E-state index in [4.69, 9.17) is 5.73 Å². The van der Waals surface area contributed by atoms with Gasteiger partial charge in [0, 0.05) is 5.69 Å². The summed E-state index contributed by atoms with van der Waals surface area (Å²) in [5.41, 5.74) is 9.89. The van der Waals surface area contributed by atoms with Gasteiger partial charge in [0.25, 0.3) is 0 Å². The molecule has 82 valence electrons. The van der Waals surface area contributed by atoms with E-state index in [1.165, 1.54) is 0 Å². The molecule has 0 heterocycles. The molecular weight excluding hydrogens is 198 g/mol. The van der Waals surface area contributed by atoms with Gasteiger partial charge in [0.15, 0.2) is 0 Å². The zero-order chi connectivity index (χ0) is 11.4. The highest BCUT2D eigenvalue weighted by molar-refractivity contribution is 5.49. The van der Waals surface area contributed by atoms with Gasteiger partial charge < -0.3 is 10.8 Å². The van der Waals surface area contributed by atoms with E-state index in [9.17, 15) is 5.11 Å². The standard InChI is InChI=1S/C14H15NO/c15-14-8-4-3-6-12(14)9-11-5-1-2-7-13(11)10-16/h1-8,16H,9-10,15H2. The van der Waals surface area contributed by atoms with Crippen molar-refractivity contribution in [3.05, 3.63) is 65.2 Å². The Morgan fingerprint density at radius 3 is 2.00 bits per heavy atom. The van der Waals surface area contributed by atoms with Crippen LogP contribution in [0, 0.1) is 0 Å². The molecule has 16 heavy (non-hydrogen) atoms. The third-order valence-corrected chi connectivity index (χ3v) is 2.72. The quantitative estimate of drug-likeness (QED) is 0.769. The van der Waals surface area contributed by atoms with Gasteiger partial charge in [-0.25, -0.2) is 0 Å². The molecule has 2 aromatic rings. The molecule has 2 nitrogen and oxygen atoms in total. The van der Waals surface area contributed by atoms with Gasteiger partial charge in [-0.3, -0.25) is 0 Å². The second-order valence-electron chi connectivity index (χ2n) is 3.80. The summed E-state index contributed by atoms with van der Waals surface area (Å²) in [5.74, 6) is 0. The predicted octanol–water partition coefficient (Wildman–Crippen LogP) is 2.35. The highest BCUT2D eigenvalue weighted by atomic mass is 16.3. The lowest BCUT2D eigenvalue weighted by atomic mass is 9.99. The van der Waals surface area contributed by atoms with Crippen molar-refractivity contribution in [3.63, 3.8) is 0 Å². The average molecular weight is 213 g/mol. The lowest BCUT2D eigenvalue weighted by Gasteiger charge is -2.09. The summed E-state index contributed by atoms with van der Waals surface area (Å²) in [7, 11) is 0. The van der Waals surface area contributed by atoms with Crippen LogP contribution in [0.1, 0.15) is 16.7 Å². The van der Waals surface area contributed by atoms with Crippen LogP contribution < -0.4 is 5.73 Å². The second kappa shape index (κ2) is 4.81. The van der Waals surface area contributed by atoms with Gasteiger partial charge in [-0.2, -0.15) is 0 Å². The summed E-state index contributed by atoms with van der Waals surface area (Å²) in [6, 6.07) is 15.7. The maximum Gasteiger partial charge on any atom is 0.0684 e. The van der Waals surface area contributed by atoms with E-state index in [-0.39, 0.29) is 6.61 Å². The number of para-hydroxylation sites is 1. The number of hydrogen-bond acceptors (Lipinski definition) is 2. The van der Waals surface area contributed by atoms with Crippen LogP contribution >= 0.6 is 0 Å². The zero-order valence-electron chi connectivity index (χ0n) is 9.06. The van der Waals surface area contributed by atoms with Crippen LogP contribution in [0.25, 0.3) is 0 Å². The third-order valence-electron chi connectivity index (χ3n) is 2.72.